The van der Waals surface area contributed by atoms with Gasteiger partial charge in [0.2, 0.25) is 14.2 Å². The first kappa shape index (κ1) is 29.7. The number of hydrogen-bond acceptors (Lipinski definition) is 7. The van der Waals surface area contributed by atoms with Crippen LogP contribution in [0, 0.1) is 6.92 Å². The molecule has 9 nitrogen and oxygen atoms in total. The summed E-state index contributed by atoms with van der Waals surface area (Å²) in [5.74, 6) is 1.84. The van der Waals surface area contributed by atoms with Crippen LogP contribution in [0.1, 0.15) is 40.9 Å². The molecule has 1 atom stereocenters. The molecule has 1 aliphatic rings. The molecule has 2 N–H and O–H groups in total. The van der Waals surface area contributed by atoms with Gasteiger partial charge in [-0.15, -0.1) is 10.2 Å². The van der Waals surface area contributed by atoms with Crippen LogP contribution in [-0.4, -0.2) is 58.1 Å². The normalized spacial score (nSPS) is 14.4. The molecule has 224 valence electrons. The quantitative estimate of drug-likeness (QED) is 0.239. The second-order valence-corrected chi connectivity index (χ2v) is 15.5. The van der Waals surface area contributed by atoms with Gasteiger partial charge in [-0.2, -0.15) is 0 Å². The monoisotopic (exact) mass is 624 g/mol. The molecule has 0 spiro atoms. The van der Waals surface area contributed by atoms with Gasteiger partial charge >= 0.3 is 0 Å². The summed E-state index contributed by atoms with van der Waals surface area (Å²) in [6.07, 6.45) is 0.670. The van der Waals surface area contributed by atoms with Crippen molar-refractivity contribution in [3.05, 3.63) is 106 Å². The third kappa shape index (κ3) is 6.01. The van der Waals surface area contributed by atoms with E-state index < -0.39 is 14.4 Å². The van der Waals surface area contributed by atoms with Gasteiger partial charge in [0.25, 0.3) is 0 Å². The van der Waals surface area contributed by atoms with Crippen molar-refractivity contribution in [3.63, 3.8) is 0 Å². The van der Waals surface area contributed by atoms with E-state index in [9.17, 15) is 9.59 Å². The average molecular weight is 625 g/mol. The molecular weight excluding hydrogens is 592 g/mol. The SMILES string of the molecule is COc1ccc2c(c1)C(c1ccc(Cl)cc1)=N[C@@H](CC(=O)NCCc1ccc3cc([Si](C)(C)O)ccc3n1)c1nnc(C)n1-2. The van der Waals surface area contributed by atoms with Crippen LogP contribution in [-0.2, 0) is 11.2 Å². The largest absolute Gasteiger partial charge is 0.497 e. The van der Waals surface area contributed by atoms with Crippen LogP contribution < -0.4 is 15.2 Å². The summed E-state index contributed by atoms with van der Waals surface area (Å²) in [7, 11) is -0.767. The molecule has 0 saturated heterocycles. The highest BCUT2D eigenvalue weighted by Crippen LogP contribution is 2.34. The standard InChI is InChI=1S/C33H33ClN6O3Si/c1-20-38-39-33-29(19-31(41)35-16-15-24-10-7-22-17-26(44(3,4)42)12-13-28(22)36-24)37-32(21-5-8-23(34)9-6-21)27-18-25(43-2)11-14-30(27)40(20)33/h5-14,17-18,29,42H,15-16,19H2,1-4H3,(H,35,41)/t29-/m0/s1. The van der Waals surface area contributed by atoms with Crippen LogP contribution in [0.4, 0.5) is 0 Å². The van der Waals surface area contributed by atoms with Crippen molar-refractivity contribution in [1.29, 1.82) is 0 Å². The van der Waals surface area contributed by atoms with E-state index in [-0.39, 0.29) is 12.3 Å². The summed E-state index contributed by atoms with van der Waals surface area (Å²) in [4.78, 5) is 33.7. The molecule has 6 rings (SSSR count). The first-order chi connectivity index (χ1) is 21.1. The predicted octanol–water partition coefficient (Wildman–Crippen LogP) is 4.83. The highest BCUT2D eigenvalue weighted by molar-refractivity contribution is 6.83. The molecule has 0 fully saturated rings. The van der Waals surface area contributed by atoms with E-state index in [1.807, 2.05) is 97.4 Å². The number of fused-ring (bicyclic) bond motifs is 4. The van der Waals surface area contributed by atoms with Gasteiger partial charge in [-0.05, 0) is 67.7 Å². The van der Waals surface area contributed by atoms with Crippen molar-refractivity contribution in [2.45, 2.75) is 38.9 Å². The first-order valence-electron chi connectivity index (χ1n) is 14.4. The number of carbonyl (C=O) groups is 1. The molecule has 1 amide bonds. The predicted molar refractivity (Wildman–Crippen MR) is 175 cm³/mol. The lowest BCUT2D eigenvalue weighted by atomic mass is 10.00. The van der Waals surface area contributed by atoms with E-state index in [2.05, 4.69) is 15.5 Å². The number of aromatic nitrogens is 4. The maximum atomic E-state index is 13.3. The Labute approximate surface area is 261 Å². The summed E-state index contributed by atoms with van der Waals surface area (Å²) in [5, 5.41) is 14.4. The number of methoxy groups -OCH3 is 1. The van der Waals surface area contributed by atoms with Crippen molar-refractivity contribution in [1.82, 2.24) is 25.1 Å². The van der Waals surface area contributed by atoms with E-state index in [1.165, 1.54) is 0 Å². The number of pyridine rings is 1. The molecule has 3 heterocycles. The smallest absolute Gasteiger partial charge is 0.222 e. The number of carbonyl (C=O) groups excluding carboxylic acids is 1. The van der Waals surface area contributed by atoms with E-state index in [4.69, 9.17) is 26.3 Å². The lowest BCUT2D eigenvalue weighted by Gasteiger charge is -2.15. The lowest BCUT2D eigenvalue weighted by Crippen LogP contribution is -2.41. The fraction of sp³-hybridized carbons (Fsp3) is 0.242. The molecule has 1 aliphatic heterocycles. The zero-order valence-electron chi connectivity index (χ0n) is 25.0. The molecule has 3 aromatic carbocycles. The Balaban J connectivity index is 1.24. The molecule has 0 aliphatic carbocycles. The van der Waals surface area contributed by atoms with Crippen LogP contribution in [0.15, 0.2) is 77.8 Å². The minimum absolute atomic E-state index is 0.0924. The summed E-state index contributed by atoms with van der Waals surface area (Å²) < 4.78 is 7.51. The van der Waals surface area contributed by atoms with Crippen LogP contribution in [0.2, 0.25) is 18.1 Å². The zero-order valence-corrected chi connectivity index (χ0v) is 26.8. The minimum Gasteiger partial charge on any atom is -0.497 e. The number of rotatable bonds is 8. The molecule has 11 heteroatoms. The fourth-order valence-electron chi connectivity index (χ4n) is 5.44. The Kier molecular flexibility index (Phi) is 8.06. The highest BCUT2D eigenvalue weighted by Gasteiger charge is 2.30. The Morgan fingerprint density at radius 2 is 1.84 bits per heavy atom. The van der Waals surface area contributed by atoms with Gasteiger partial charge in [0.05, 0.1) is 30.4 Å². The summed E-state index contributed by atoms with van der Waals surface area (Å²) in [6, 6.07) is 22.6. The fourth-order valence-corrected chi connectivity index (χ4v) is 6.57. The number of nitrogens with zero attached hydrogens (tertiary/aromatic N) is 5. The minimum atomic E-state index is -2.39. The maximum Gasteiger partial charge on any atom is 0.222 e. The van der Waals surface area contributed by atoms with E-state index in [1.54, 1.807) is 7.11 Å². The van der Waals surface area contributed by atoms with E-state index in [0.717, 1.165) is 38.6 Å². The molecule has 5 aromatic rings. The van der Waals surface area contributed by atoms with Crippen LogP contribution >= 0.6 is 11.6 Å². The van der Waals surface area contributed by atoms with Crippen LogP contribution in [0.3, 0.4) is 0 Å². The molecule has 44 heavy (non-hydrogen) atoms. The van der Waals surface area contributed by atoms with Gasteiger partial charge in [0.15, 0.2) is 5.82 Å². The first-order valence-corrected chi connectivity index (χ1v) is 17.8. The number of benzene rings is 3. The van der Waals surface area contributed by atoms with Crippen molar-refractivity contribution < 1.29 is 14.3 Å². The van der Waals surface area contributed by atoms with Crippen molar-refractivity contribution >= 4 is 47.6 Å². The summed E-state index contributed by atoms with van der Waals surface area (Å²) in [5.41, 5.74) is 5.03. The number of hydrogen-bond donors (Lipinski definition) is 2. The van der Waals surface area contributed by atoms with Crippen molar-refractivity contribution in [2.24, 2.45) is 4.99 Å². The van der Waals surface area contributed by atoms with E-state index in [0.29, 0.717) is 41.1 Å². The van der Waals surface area contributed by atoms with E-state index >= 15 is 0 Å². The highest BCUT2D eigenvalue weighted by atomic mass is 35.5. The number of aryl methyl sites for hydroxylation is 1. The van der Waals surface area contributed by atoms with Gasteiger partial charge in [0, 0.05) is 40.2 Å². The molecule has 2 aromatic heterocycles. The second kappa shape index (κ2) is 12.0. The Morgan fingerprint density at radius 1 is 1.05 bits per heavy atom. The van der Waals surface area contributed by atoms with Gasteiger partial charge in [-0.25, -0.2) is 0 Å². The van der Waals surface area contributed by atoms with Crippen molar-refractivity contribution in [3.8, 4) is 11.4 Å². The Morgan fingerprint density at radius 3 is 2.59 bits per heavy atom. The Hall–Kier alpha value is -4.38. The topological polar surface area (TPSA) is 115 Å². The average Bonchev–Trinajstić information content (AvgIpc) is 3.33. The summed E-state index contributed by atoms with van der Waals surface area (Å²) in [6.45, 7) is 6.12. The number of aliphatic imine (C=N–C) groups is 1. The molecule has 0 saturated carbocycles. The van der Waals surface area contributed by atoms with Gasteiger partial charge in [0.1, 0.15) is 17.6 Å². The van der Waals surface area contributed by atoms with Gasteiger partial charge < -0.3 is 14.8 Å². The van der Waals surface area contributed by atoms with Crippen LogP contribution in [0.25, 0.3) is 16.6 Å². The number of amides is 1. The zero-order chi connectivity index (χ0) is 31.0. The van der Waals surface area contributed by atoms with Crippen molar-refractivity contribution in [2.75, 3.05) is 13.7 Å². The maximum absolute atomic E-state index is 13.3. The lowest BCUT2D eigenvalue weighted by molar-refractivity contribution is -0.121. The number of ether oxygens (including phenoxy) is 1. The second-order valence-electron chi connectivity index (χ2n) is 11.4. The third-order valence-corrected chi connectivity index (χ3v) is 9.76. The Bertz CT molecular complexity index is 1900. The number of halogens is 1. The van der Waals surface area contributed by atoms with Crippen LogP contribution in [0.5, 0.6) is 5.75 Å². The third-order valence-electron chi connectivity index (χ3n) is 7.79. The van der Waals surface area contributed by atoms with Gasteiger partial charge in [-0.3, -0.25) is 19.3 Å². The molecular formula is C33H33ClN6O3Si. The molecule has 0 unspecified atom stereocenters. The molecule has 0 radical (unpaired) electrons. The molecule has 0 bridgehead atoms. The number of nitrogens with one attached hydrogen (secondary N) is 1. The summed E-state index contributed by atoms with van der Waals surface area (Å²) >= 11 is 6.20. The van der Waals surface area contributed by atoms with Gasteiger partial charge in [-0.1, -0.05) is 41.9 Å².